The Hall–Kier alpha value is -1.53. The molecule has 23 heavy (non-hydrogen) atoms. The number of rotatable bonds is 6. The van der Waals surface area contributed by atoms with E-state index in [1.54, 1.807) is 6.92 Å². The summed E-state index contributed by atoms with van der Waals surface area (Å²) < 4.78 is 32.5. The zero-order valence-corrected chi connectivity index (χ0v) is 14.2. The van der Waals surface area contributed by atoms with Crippen LogP contribution in [0.1, 0.15) is 32.6 Å². The second-order valence-corrected chi connectivity index (χ2v) is 8.25. The van der Waals surface area contributed by atoms with E-state index in [9.17, 15) is 8.42 Å². The normalized spacial score (nSPS) is 22.3. The minimum atomic E-state index is -3.17. The van der Waals surface area contributed by atoms with Gasteiger partial charge in [-0.25, -0.2) is 13.1 Å². The molecule has 1 saturated carbocycles. The molecule has 0 spiro atoms. The molecule has 1 aliphatic carbocycles. The zero-order chi connectivity index (χ0) is 16.3. The van der Waals surface area contributed by atoms with E-state index in [-0.39, 0.29) is 17.7 Å². The SMILES string of the molecule is CCS(=O)(=O)N[C@@H]1CCCC[C@H]1COc1ccc2cc[nH]c2c1. The average Bonchev–Trinajstić information content (AvgIpc) is 3.01. The highest BCUT2D eigenvalue weighted by atomic mass is 32.2. The Labute approximate surface area is 137 Å². The maximum atomic E-state index is 11.8. The van der Waals surface area contributed by atoms with Crippen LogP contribution < -0.4 is 9.46 Å². The van der Waals surface area contributed by atoms with Gasteiger partial charge in [0.1, 0.15) is 5.75 Å². The summed E-state index contributed by atoms with van der Waals surface area (Å²) in [5.74, 6) is 1.17. The molecule has 0 saturated heterocycles. The van der Waals surface area contributed by atoms with Gasteiger partial charge in [-0.1, -0.05) is 12.8 Å². The van der Waals surface area contributed by atoms with Crippen LogP contribution in [0.3, 0.4) is 0 Å². The third kappa shape index (κ3) is 4.06. The summed E-state index contributed by atoms with van der Waals surface area (Å²) in [4.78, 5) is 3.17. The Morgan fingerprint density at radius 3 is 2.91 bits per heavy atom. The molecule has 0 aliphatic heterocycles. The Kier molecular flexibility index (Phi) is 4.92. The van der Waals surface area contributed by atoms with Crippen LogP contribution in [0.4, 0.5) is 0 Å². The maximum Gasteiger partial charge on any atom is 0.211 e. The van der Waals surface area contributed by atoms with E-state index in [2.05, 4.69) is 9.71 Å². The number of hydrogen-bond donors (Lipinski definition) is 2. The van der Waals surface area contributed by atoms with Crippen molar-refractivity contribution in [2.75, 3.05) is 12.4 Å². The lowest BCUT2D eigenvalue weighted by Gasteiger charge is -2.31. The van der Waals surface area contributed by atoms with Gasteiger partial charge in [0.15, 0.2) is 0 Å². The Morgan fingerprint density at radius 1 is 1.26 bits per heavy atom. The molecule has 126 valence electrons. The minimum absolute atomic E-state index is 0.0112. The van der Waals surface area contributed by atoms with E-state index >= 15 is 0 Å². The summed E-state index contributed by atoms with van der Waals surface area (Å²) in [5, 5.41) is 1.16. The van der Waals surface area contributed by atoms with Gasteiger partial charge in [0.2, 0.25) is 10.0 Å². The van der Waals surface area contributed by atoms with Gasteiger partial charge in [0.25, 0.3) is 0 Å². The molecule has 6 heteroatoms. The van der Waals surface area contributed by atoms with Gasteiger partial charge >= 0.3 is 0 Å². The third-order valence-electron chi connectivity index (χ3n) is 4.61. The molecule has 2 N–H and O–H groups in total. The number of fused-ring (bicyclic) bond motifs is 1. The monoisotopic (exact) mass is 336 g/mol. The number of aromatic amines is 1. The molecule has 0 bridgehead atoms. The van der Waals surface area contributed by atoms with Crippen molar-refractivity contribution in [3.8, 4) is 5.75 Å². The van der Waals surface area contributed by atoms with Gasteiger partial charge in [-0.15, -0.1) is 0 Å². The molecule has 0 unspecified atom stereocenters. The van der Waals surface area contributed by atoms with Crippen molar-refractivity contribution in [1.29, 1.82) is 0 Å². The predicted octanol–water partition coefficient (Wildman–Crippen LogP) is 3.04. The van der Waals surface area contributed by atoms with Crippen LogP contribution in [-0.4, -0.2) is 31.8 Å². The lowest BCUT2D eigenvalue weighted by Crippen LogP contribution is -2.44. The fourth-order valence-electron chi connectivity index (χ4n) is 3.20. The second kappa shape index (κ2) is 6.93. The number of nitrogens with one attached hydrogen (secondary N) is 2. The van der Waals surface area contributed by atoms with Crippen molar-refractivity contribution < 1.29 is 13.2 Å². The van der Waals surface area contributed by atoms with Gasteiger partial charge in [0.05, 0.1) is 12.4 Å². The first-order chi connectivity index (χ1) is 11.1. The van der Waals surface area contributed by atoms with E-state index in [1.165, 1.54) is 0 Å². The standard InChI is InChI=1S/C17H24N2O3S/c1-2-23(20,21)19-16-6-4-3-5-14(16)12-22-15-8-7-13-9-10-18-17(13)11-15/h7-11,14,16,18-19H,2-6,12H2,1H3/t14-,16+/m0/s1. The summed E-state index contributed by atoms with van der Waals surface area (Å²) in [6, 6.07) is 7.99. The Balaban J connectivity index is 1.64. The summed E-state index contributed by atoms with van der Waals surface area (Å²) in [5.41, 5.74) is 1.05. The lowest BCUT2D eigenvalue weighted by atomic mass is 9.86. The third-order valence-corrected chi connectivity index (χ3v) is 6.03. The van der Waals surface area contributed by atoms with E-state index in [0.29, 0.717) is 6.61 Å². The summed E-state index contributed by atoms with van der Waals surface area (Å²) >= 11 is 0. The fraction of sp³-hybridized carbons (Fsp3) is 0.529. The molecule has 1 fully saturated rings. The topological polar surface area (TPSA) is 71.2 Å². The molecular weight excluding hydrogens is 312 g/mol. The largest absolute Gasteiger partial charge is 0.493 e. The number of sulfonamides is 1. The van der Waals surface area contributed by atoms with Crippen LogP contribution in [0.15, 0.2) is 30.5 Å². The maximum absolute atomic E-state index is 11.8. The van der Waals surface area contributed by atoms with Gasteiger partial charge in [-0.05, 0) is 43.4 Å². The molecule has 3 rings (SSSR count). The molecule has 1 heterocycles. The lowest BCUT2D eigenvalue weighted by molar-refractivity contribution is 0.180. The highest BCUT2D eigenvalue weighted by Crippen LogP contribution is 2.27. The second-order valence-electron chi connectivity index (χ2n) is 6.21. The first kappa shape index (κ1) is 16.3. The molecule has 0 amide bonds. The number of hydrogen-bond acceptors (Lipinski definition) is 3. The van der Waals surface area contributed by atoms with Crippen LogP contribution in [0.2, 0.25) is 0 Å². The van der Waals surface area contributed by atoms with E-state index in [0.717, 1.165) is 42.3 Å². The minimum Gasteiger partial charge on any atom is -0.493 e. The molecule has 1 aromatic carbocycles. The van der Waals surface area contributed by atoms with Gasteiger partial charge in [0, 0.05) is 29.7 Å². The van der Waals surface area contributed by atoms with Crippen LogP contribution in [0.25, 0.3) is 10.9 Å². The molecular formula is C17H24N2O3S. The van der Waals surface area contributed by atoms with E-state index in [1.807, 2.05) is 30.5 Å². The van der Waals surface area contributed by atoms with Crippen LogP contribution in [0, 0.1) is 5.92 Å². The Bertz CT molecular complexity index is 754. The molecule has 1 aliphatic rings. The fourth-order valence-corrected chi connectivity index (χ4v) is 4.13. The van der Waals surface area contributed by atoms with Crippen molar-refractivity contribution in [2.24, 2.45) is 5.92 Å². The molecule has 2 atom stereocenters. The van der Waals surface area contributed by atoms with Crippen molar-refractivity contribution in [3.05, 3.63) is 30.5 Å². The van der Waals surface area contributed by atoms with Crippen LogP contribution in [0.5, 0.6) is 5.75 Å². The number of H-pyrrole nitrogens is 1. The summed E-state index contributed by atoms with van der Waals surface area (Å²) in [6.07, 6.45) is 6.01. The van der Waals surface area contributed by atoms with Gasteiger partial charge in [-0.3, -0.25) is 0 Å². The first-order valence-corrected chi connectivity index (χ1v) is 9.92. The Morgan fingerprint density at radius 2 is 2.09 bits per heavy atom. The highest BCUT2D eigenvalue weighted by molar-refractivity contribution is 7.89. The first-order valence-electron chi connectivity index (χ1n) is 8.27. The molecule has 2 aromatic rings. The molecule has 5 nitrogen and oxygen atoms in total. The van der Waals surface area contributed by atoms with E-state index < -0.39 is 10.0 Å². The summed E-state index contributed by atoms with van der Waals surface area (Å²) in [6.45, 7) is 2.21. The predicted molar refractivity (Wildman–Crippen MR) is 92.1 cm³/mol. The zero-order valence-electron chi connectivity index (χ0n) is 13.4. The quantitative estimate of drug-likeness (QED) is 0.852. The van der Waals surface area contributed by atoms with Crippen LogP contribution in [-0.2, 0) is 10.0 Å². The van der Waals surface area contributed by atoms with Crippen molar-refractivity contribution in [2.45, 2.75) is 38.6 Å². The van der Waals surface area contributed by atoms with E-state index in [4.69, 9.17) is 4.74 Å². The van der Waals surface area contributed by atoms with Crippen LogP contribution >= 0.6 is 0 Å². The van der Waals surface area contributed by atoms with Gasteiger partial charge < -0.3 is 9.72 Å². The molecule has 1 aromatic heterocycles. The van der Waals surface area contributed by atoms with Crippen molar-refractivity contribution in [3.63, 3.8) is 0 Å². The smallest absolute Gasteiger partial charge is 0.211 e. The van der Waals surface area contributed by atoms with Crippen molar-refractivity contribution in [1.82, 2.24) is 9.71 Å². The summed E-state index contributed by atoms with van der Waals surface area (Å²) in [7, 11) is -3.17. The number of ether oxygens (including phenoxy) is 1. The molecule has 0 radical (unpaired) electrons. The van der Waals surface area contributed by atoms with Gasteiger partial charge in [-0.2, -0.15) is 0 Å². The highest BCUT2D eigenvalue weighted by Gasteiger charge is 2.28. The van der Waals surface area contributed by atoms with Crippen molar-refractivity contribution >= 4 is 20.9 Å². The number of benzene rings is 1. The number of aromatic nitrogens is 1. The average molecular weight is 336 g/mol.